The second kappa shape index (κ2) is 8.57. The summed E-state index contributed by atoms with van der Waals surface area (Å²) in [5.74, 6) is -0.851. The van der Waals surface area contributed by atoms with Gasteiger partial charge in [0.1, 0.15) is 11.0 Å². The van der Waals surface area contributed by atoms with E-state index in [2.05, 4.69) is 20.5 Å². The van der Waals surface area contributed by atoms with Crippen molar-refractivity contribution in [3.63, 3.8) is 0 Å². The monoisotopic (exact) mass is 435 g/mol. The van der Waals surface area contributed by atoms with Crippen LogP contribution < -0.4 is 16.6 Å². The molecule has 3 heterocycles. The standard InChI is InChI=1S/C17H21N7O5S/c1-5-9(14(26)19-16-21-20-10(30-16)7-11(25)29-6-2)24-8-18-13-12(24)15(27)23(4)17(28)22(13)3/h8-9H,5-7H2,1-4H3,(H,19,21,26). The fourth-order valence-corrected chi connectivity index (χ4v) is 3.74. The molecule has 0 fully saturated rings. The van der Waals surface area contributed by atoms with Gasteiger partial charge in [0.2, 0.25) is 11.0 Å². The van der Waals surface area contributed by atoms with Gasteiger partial charge >= 0.3 is 11.7 Å². The van der Waals surface area contributed by atoms with E-state index in [1.807, 2.05) is 0 Å². The van der Waals surface area contributed by atoms with E-state index in [1.165, 1.54) is 29.6 Å². The SMILES string of the molecule is CCOC(=O)Cc1nnc(NC(=O)C(CC)n2cnc3c2c(=O)n(C)c(=O)n3C)s1. The van der Waals surface area contributed by atoms with Gasteiger partial charge in [0.25, 0.3) is 5.56 Å². The first-order chi connectivity index (χ1) is 14.3. The number of hydrogen-bond acceptors (Lipinski definition) is 9. The molecule has 30 heavy (non-hydrogen) atoms. The number of ether oxygens (including phenoxy) is 1. The van der Waals surface area contributed by atoms with Crippen molar-refractivity contribution in [3.05, 3.63) is 32.2 Å². The fraction of sp³-hybridized carbons (Fsp3) is 0.471. The van der Waals surface area contributed by atoms with Crippen molar-refractivity contribution in [3.8, 4) is 0 Å². The largest absolute Gasteiger partial charge is 0.466 e. The molecule has 0 saturated carbocycles. The van der Waals surface area contributed by atoms with Gasteiger partial charge in [0.05, 0.1) is 19.4 Å². The number of amides is 1. The van der Waals surface area contributed by atoms with Crippen LogP contribution in [0.25, 0.3) is 11.2 Å². The second-order valence-corrected chi connectivity index (χ2v) is 7.49. The molecule has 0 spiro atoms. The van der Waals surface area contributed by atoms with Crippen molar-refractivity contribution >= 4 is 39.5 Å². The number of carbonyl (C=O) groups excluding carboxylic acids is 2. The number of fused-ring (bicyclic) bond motifs is 1. The Labute approximate surface area is 174 Å². The average Bonchev–Trinajstić information content (AvgIpc) is 3.33. The predicted molar refractivity (Wildman–Crippen MR) is 108 cm³/mol. The number of aryl methyl sites for hydroxylation is 1. The lowest BCUT2D eigenvalue weighted by atomic mass is 10.2. The molecule has 1 unspecified atom stereocenters. The first-order valence-corrected chi connectivity index (χ1v) is 10.0. The Bertz CT molecular complexity index is 1220. The highest BCUT2D eigenvalue weighted by atomic mass is 32.1. The lowest BCUT2D eigenvalue weighted by molar-refractivity contribution is -0.142. The zero-order valence-corrected chi connectivity index (χ0v) is 17.7. The van der Waals surface area contributed by atoms with Crippen molar-refractivity contribution < 1.29 is 14.3 Å². The summed E-state index contributed by atoms with van der Waals surface area (Å²) >= 11 is 1.06. The number of nitrogens with one attached hydrogen (secondary N) is 1. The quantitative estimate of drug-likeness (QED) is 0.510. The minimum absolute atomic E-state index is 0.0329. The van der Waals surface area contributed by atoms with Gasteiger partial charge in [-0.3, -0.25) is 28.8 Å². The number of carbonyl (C=O) groups is 2. The molecule has 160 valence electrons. The van der Waals surface area contributed by atoms with E-state index in [0.717, 1.165) is 15.9 Å². The molecule has 1 atom stereocenters. The maximum Gasteiger partial charge on any atom is 0.332 e. The second-order valence-electron chi connectivity index (χ2n) is 6.43. The van der Waals surface area contributed by atoms with Crippen LogP contribution in [-0.2, 0) is 34.8 Å². The molecule has 1 amide bonds. The smallest absolute Gasteiger partial charge is 0.332 e. The summed E-state index contributed by atoms with van der Waals surface area (Å²) in [6, 6.07) is -0.766. The molecule has 0 aliphatic heterocycles. The number of rotatable bonds is 7. The van der Waals surface area contributed by atoms with Gasteiger partial charge in [-0.15, -0.1) is 10.2 Å². The van der Waals surface area contributed by atoms with E-state index in [-0.39, 0.29) is 29.3 Å². The molecule has 0 saturated heterocycles. The number of esters is 1. The van der Waals surface area contributed by atoms with Crippen molar-refractivity contribution in [1.82, 2.24) is 28.9 Å². The summed E-state index contributed by atoms with van der Waals surface area (Å²) in [7, 11) is 2.88. The Morgan fingerprint density at radius 1 is 1.20 bits per heavy atom. The Kier molecular flexibility index (Phi) is 6.10. The number of imidazole rings is 1. The molecule has 0 bridgehead atoms. The summed E-state index contributed by atoms with van der Waals surface area (Å²) in [5.41, 5.74) is -0.688. The van der Waals surface area contributed by atoms with Crippen molar-refractivity contribution in [2.75, 3.05) is 11.9 Å². The van der Waals surface area contributed by atoms with E-state index in [1.54, 1.807) is 13.8 Å². The van der Waals surface area contributed by atoms with E-state index >= 15 is 0 Å². The van der Waals surface area contributed by atoms with Crippen LogP contribution in [0.3, 0.4) is 0 Å². The van der Waals surface area contributed by atoms with Gasteiger partial charge in [-0.1, -0.05) is 18.3 Å². The molecule has 3 aromatic heterocycles. The summed E-state index contributed by atoms with van der Waals surface area (Å²) in [4.78, 5) is 53.3. The van der Waals surface area contributed by atoms with Crippen LogP contribution in [0.4, 0.5) is 5.13 Å². The molecule has 1 N–H and O–H groups in total. The van der Waals surface area contributed by atoms with Crippen LogP contribution in [0.15, 0.2) is 15.9 Å². The van der Waals surface area contributed by atoms with Crippen LogP contribution in [0.5, 0.6) is 0 Å². The number of nitrogens with zero attached hydrogens (tertiary/aromatic N) is 6. The van der Waals surface area contributed by atoms with Gasteiger partial charge in [0, 0.05) is 14.1 Å². The Hall–Kier alpha value is -3.35. The third kappa shape index (κ3) is 3.87. The first kappa shape index (κ1) is 21.4. The van der Waals surface area contributed by atoms with Gasteiger partial charge in [-0.25, -0.2) is 9.78 Å². The summed E-state index contributed by atoms with van der Waals surface area (Å²) in [5, 5.41) is 11.1. The number of aromatic nitrogens is 6. The Morgan fingerprint density at radius 3 is 2.60 bits per heavy atom. The third-order valence-electron chi connectivity index (χ3n) is 4.50. The van der Waals surface area contributed by atoms with E-state index in [9.17, 15) is 19.2 Å². The molecule has 0 aliphatic rings. The van der Waals surface area contributed by atoms with Crippen molar-refractivity contribution in [1.29, 1.82) is 0 Å². The molecule has 3 aromatic rings. The zero-order chi connectivity index (χ0) is 22.0. The highest BCUT2D eigenvalue weighted by molar-refractivity contribution is 7.15. The van der Waals surface area contributed by atoms with Gasteiger partial charge in [-0.05, 0) is 13.3 Å². The highest BCUT2D eigenvalue weighted by Crippen LogP contribution is 2.21. The van der Waals surface area contributed by atoms with Crippen LogP contribution in [-0.4, -0.2) is 47.4 Å². The van der Waals surface area contributed by atoms with E-state index in [4.69, 9.17) is 4.74 Å². The summed E-state index contributed by atoms with van der Waals surface area (Å²) in [6.45, 7) is 3.76. The highest BCUT2D eigenvalue weighted by Gasteiger charge is 2.25. The van der Waals surface area contributed by atoms with Crippen molar-refractivity contribution in [2.24, 2.45) is 14.1 Å². The van der Waals surface area contributed by atoms with E-state index in [0.29, 0.717) is 11.4 Å². The van der Waals surface area contributed by atoms with Crippen LogP contribution in [0.1, 0.15) is 31.3 Å². The summed E-state index contributed by atoms with van der Waals surface area (Å²) < 4.78 is 8.54. The number of anilines is 1. The predicted octanol–water partition coefficient (Wildman–Crippen LogP) is -0.0194. The fourth-order valence-electron chi connectivity index (χ4n) is 3.01. The number of hydrogen-bond donors (Lipinski definition) is 1. The van der Waals surface area contributed by atoms with E-state index < -0.39 is 29.2 Å². The minimum atomic E-state index is -0.766. The Balaban J connectivity index is 1.88. The Morgan fingerprint density at radius 2 is 1.93 bits per heavy atom. The molecule has 0 aliphatic carbocycles. The lowest BCUT2D eigenvalue weighted by Gasteiger charge is -2.16. The van der Waals surface area contributed by atoms with Crippen molar-refractivity contribution in [2.45, 2.75) is 32.7 Å². The van der Waals surface area contributed by atoms with Crippen LogP contribution in [0, 0.1) is 0 Å². The molecular formula is C17H21N7O5S. The average molecular weight is 435 g/mol. The zero-order valence-electron chi connectivity index (χ0n) is 16.9. The molecule has 13 heteroatoms. The normalized spacial score (nSPS) is 12.1. The maximum atomic E-state index is 12.9. The maximum absolute atomic E-state index is 12.9. The molecule has 3 rings (SSSR count). The third-order valence-corrected chi connectivity index (χ3v) is 5.33. The minimum Gasteiger partial charge on any atom is -0.466 e. The molecular weight excluding hydrogens is 414 g/mol. The van der Waals surface area contributed by atoms with Gasteiger partial charge < -0.3 is 9.30 Å². The first-order valence-electron chi connectivity index (χ1n) is 9.19. The molecule has 12 nitrogen and oxygen atoms in total. The van der Waals surface area contributed by atoms with Gasteiger partial charge in [0.15, 0.2) is 11.2 Å². The molecule has 0 radical (unpaired) electrons. The van der Waals surface area contributed by atoms with Crippen LogP contribution in [0.2, 0.25) is 0 Å². The topological polar surface area (TPSA) is 143 Å². The lowest BCUT2D eigenvalue weighted by Crippen LogP contribution is -2.38. The summed E-state index contributed by atoms with van der Waals surface area (Å²) in [6.07, 6.45) is 1.69. The van der Waals surface area contributed by atoms with Gasteiger partial charge in [-0.2, -0.15) is 0 Å². The molecule has 0 aromatic carbocycles. The van der Waals surface area contributed by atoms with Crippen LogP contribution >= 0.6 is 11.3 Å².